The van der Waals surface area contributed by atoms with Crippen molar-refractivity contribution in [3.8, 4) is 0 Å². The van der Waals surface area contributed by atoms with Crippen LogP contribution in [0.5, 0.6) is 0 Å². The molecule has 1 heterocycles. The second kappa shape index (κ2) is 7.17. The van der Waals surface area contributed by atoms with E-state index < -0.39 is 17.1 Å². The average Bonchev–Trinajstić information content (AvgIpc) is 2.37. The highest BCUT2D eigenvalue weighted by Crippen LogP contribution is 2.21. The first-order chi connectivity index (χ1) is 8.91. The Hall–Kier alpha value is -1.51. The highest BCUT2D eigenvalue weighted by molar-refractivity contribution is 8.13. The van der Waals surface area contributed by atoms with Crippen LogP contribution in [0.2, 0.25) is 0 Å². The standard InChI is InChI=1S/C11H14N2O5S/c1-7(14)19-5-4-9(15)11(16)8-2-3-10(12-6-8)13(17)18/h2-3,6,9,11,15-16H,4-5H2,1H3. The maximum absolute atomic E-state index is 10.7. The van der Waals surface area contributed by atoms with Gasteiger partial charge in [0.15, 0.2) is 5.12 Å². The van der Waals surface area contributed by atoms with Crippen molar-refractivity contribution in [2.75, 3.05) is 5.75 Å². The lowest BCUT2D eigenvalue weighted by Gasteiger charge is -2.16. The number of rotatable bonds is 6. The molecule has 2 N–H and O–H groups in total. The molecule has 0 aliphatic rings. The molecule has 0 fully saturated rings. The number of hydrogen-bond donors (Lipinski definition) is 2. The Morgan fingerprint density at radius 3 is 2.68 bits per heavy atom. The lowest BCUT2D eigenvalue weighted by Crippen LogP contribution is -2.19. The largest absolute Gasteiger partial charge is 0.390 e. The number of aliphatic hydroxyl groups is 2. The van der Waals surface area contributed by atoms with Gasteiger partial charge in [0, 0.05) is 24.3 Å². The summed E-state index contributed by atoms with van der Waals surface area (Å²) in [4.78, 5) is 24.0. The van der Waals surface area contributed by atoms with E-state index in [1.807, 2.05) is 0 Å². The molecular weight excluding hydrogens is 272 g/mol. The van der Waals surface area contributed by atoms with Gasteiger partial charge in [0.2, 0.25) is 0 Å². The molecule has 0 aromatic carbocycles. The van der Waals surface area contributed by atoms with Gasteiger partial charge in [0.05, 0.1) is 6.10 Å². The van der Waals surface area contributed by atoms with Crippen LogP contribution in [-0.2, 0) is 4.79 Å². The normalized spacial score (nSPS) is 13.8. The summed E-state index contributed by atoms with van der Waals surface area (Å²) in [6.07, 6.45) is -0.831. The molecular formula is C11H14N2O5S. The number of carbonyl (C=O) groups is 1. The third-order valence-electron chi connectivity index (χ3n) is 2.38. The van der Waals surface area contributed by atoms with Gasteiger partial charge in [-0.15, -0.1) is 0 Å². The molecule has 0 amide bonds. The summed E-state index contributed by atoms with van der Waals surface area (Å²) in [6, 6.07) is 2.51. The van der Waals surface area contributed by atoms with E-state index in [-0.39, 0.29) is 17.4 Å². The summed E-state index contributed by atoms with van der Waals surface area (Å²) in [6.45, 7) is 1.42. The Morgan fingerprint density at radius 2 is 2.21 bits per heavy atom. The summed E-state index contributed by atoms with van der Waals surface area (Å²) in [7, 11) is 0. The first-order valence-corrected chi connectivity index (χ1v) is 6.50. The van der Waals surface area contributed by atoms with Crippen LogP contribution in [0.25, 0.3) is 0 Å². The Balaban J connectivity index is 2.58. The van der Waals surface area contributed by atoms with Crippen molar-refractivity contribution in [3.05, 3.63) is 34.0 Å². The van der Waals surface area contributed by atoms with Gasteiger partial charge in [-0.2, -0.15) is 0 Å². The number of thioether (sulfide) groups is 1. The van der Waals surface area contributed by atoms with Crippen molar-refractivity contribution in [3.63, 3.8) is 0 Å². The molecule has 19 heavy (non-hydrogen) atoms. The van der Waals surface area contributed by atoms with E-state index in [0.717, 1.165) is 24.0 Å². The number of hydrogen-bond acceptors (Lipinski definition) is 7. The summed E-state index contributed by atoms with van der Waals surface area (Å²) in [5.41, 5.74) is 0.297. The van der Waals surface area contributed by atoms with Crippen LogP contribution in [0.15, 0.2) is 18.3 Å². The number of aliphatic hydroxyl groups excluding tert-OH is 2. The molecule has 0 saturated carbocycles. The van der Waals surface area contributed by atoms with Crippen molar-refractivity contribution in [2.24, 2.45) is 0 Å². The van der Waals surface area contributed by atoms with Crippen molar-refractivity contribution in [1.82, 2.24) is 4.98 Å². The fraction of sp³-hybridized carbons (Fsp3) is 0.455. The van der Waals surface area contributed by atoms with E-state index >= 15 is 0 Å². The fourth-order valence-electron chi connectivity index (χ4n) is 1.38. The molecule has 104 valence electrons. The van der Waals surface area contributed by atoms with Gasteiger partial charge in [0.25, 0.3) is 0 Å². The second-order valence-corrected chi connectivity index (χ2v) is 5.12. The Labute approximate surface area is 113 Å². The minimum atomic E-state index is -1.18. The predicted octanol–water partition coefficient (Wildman–Crippen LogP) is 1.05. The molecule has 2 unspecified atom stereocenters. The van der Waals surface area contributed by atoms with Crippen molar-refractivity contribution in [2.45, 2.75) is 25.6 Å². The number of aromatic nitrogens is 1. The van der Waals surface area contributed by atoms with Crippen LogP contribution < -0.4 is 0 Å². The number of pyridine rings is 1. The van der Waals surface area contributed by atoms with Crippen LogP contribution in [-0.4, -0.2) is 37.1 Å². The van der Waals surface area contributed by atoms with E-state index in [0.29, 0.717) is 11.3 Å². The SMILES string of the molecule is CC(=O)SCCC(O)C(O)c1ccc([N+](=O)[O-])nc1. The summed E-state index contributed by atoms with van der Waals surface area (Å²) in [5, 5.41) is 29.9. The minimum Gasteiger partial charge on any atom is -0.390 e. The van der Waals surface area contributed by atoms with Gasteiger partial charge in [-0.05, 0) is 22.4 Å². The molecule has 2 atom stereocenters. The lowest BCUT2D eigenvalue weighted by atomic mass is 10.0. The first kappa shape index (κ1) is 15.5. The summed E-state index contributed by atoms with van der Waals surface area (Å²) in [5.74, 6) is 0.0751. The topological polar surface area (TPSA) is 114 Å². The van der Waals surface area contributed by atoms with E-state index in [9.17, 15) is 25.1 Å². The van der Waals surface area contributed by atoms with Crippen LogP contribution >= 0.6 is 11.8 Å². The Bertz CT molecular complexity index is 451. The van der Waals surface area contributed by atoms with E-state index in [2.05, 4.69) is 4.98 Å². The molecule has 1 rings (SSSR count). The first-order valence-electron chi connectivity index (χ1n) is 5.51. The van der Waals surface area contributed by atoms with Gasteiger partial charge in [0.1, 0.15) is 12.3 Å². The Morgan fingerprint density at radius 1 is 1.53 bits per heavy atom. The molecule has 0 bridgehead atoms. The molecule has 1 aromatic rings. The van der Waals surface area contributed by atoms with Gasteiger partial charge in [-0.3, -0.25) is 4.79 Å². The zero-order valence-electron chi connectivity index (χ0n) is 10.2. The summed E-state index contributed by atoms with van der Waals surface area (Å²) < 4.78 is 0. The van der Waals surface area contributed by atoms with Gasteiger partial charge in [-0.25, -0.2) is 0 Å². The molecule has 0 saturated heterocycles. The third kappa shape index (κ3) is 4.93. The lowest BCUT2D eigenvalue weighted by molar-refractivity contribution is -0.389. The average molecular weight is 286 g/mol. The number of nitrogens with zero attached hydrogens (tertiary/aromatic N) is 2. The van der Waals surface area contributed by atoms with Crippen LogP contribution in [0.1, 0.15) is 25.0 Å². The maximum atomic E-state index is 10.7. The minimum absolute atomic E-state index is 0.0568. The molecule has 0 aliphatic carbocycles. The fourth-order valence-corrected chi connectivity index (χ4v) is 2.03. The van der Waals surface area contributed by atoms with Crippen LogP contribution in [0.4, 0.5) is 5.82 Å². The highest BCUT2D eigenvalue weighted by Gasteiger charge is 2.20. The predicted molar refractivity (Wildman–Crippen MR) is 69.6 cm³/mol. The third-order valence-corrected chi connectivity index (χ3v) is 3.23. The van der Waals surface area contributed by atoms with Gasteiger partial charge in [-0.1, -0.05) is 11.8 Å². The van der Waals surface area contributed by atoms with Crippen molar-refractivity contribution in [1.29, 1.82) is 0 Å². The monoisotopic (exact) mass is 286 g/mol. The number of nitro groups is 1. The molecule has 7 nitrogen and oxygen atoms in total. The molecule has 8 heteroatoms. The van der Waals surface area contributed by atoms with Crippen LogP contribution in [0, 0.1) is 10.1 Å². The van der Waals surface area contributed by atoms with E-state index in [4.69, 9.17) is 0 Å². The van der Waals surface area contributed by atoms with Crippen molar-refractivity contribution >= 4 is 22.7 Å². The smallest absolute Gasteiger partial charge is 0.363 e. The Kier molecular flexibility index (Phi) is 5.87. The molecule has 0 spiro atoms. The quantitative estimate of drug-likeness (QED) is 0.593. The van der Waals surface area contributed by atoms with Crippen molar-refractivity contribution < 1.29 is 19.9 Å². The van der Waals surface area contributed by atoms with Gasteiger partial charge < -0.3 is 20.3 Å². The highest BCUT2D eigenvalue weighted by atomic mass is 32.2. The molecule has 0 radical (unpaired) electrons. The van der Waals surface area contributed by atoms with Gasteiger partial charge >= 0.3 is 5.82 Å². The second-order valence-electron chi connectivity index (χ2n) is 3.85. The van der Waals surface area contributed by atoms with E-state index in [1.54, 1.807) is 0 Å². The van der Waals surface area contributed by atoms with E-state index in [1.165, 1.54) is 13.0 Å². The molecule has 1 aromatic heterocycles. The zero-order chi connectivity index (χ0) is 14.4. The van der Waals surface area contributed by atoms with Crippen LogP contribution in [0.3, 0.4) is 0 Å². The maximum Gasteiger partial charge on any atom is 0.363 e. The number of carbonyl (C=O) groups excluding carboxylic acids is 1. The molecule has 0 aliphatic heterocycles. The summed E-state index contributed by atoms with van der Waals surface area (Å²) >= 11 is 1.06. The zero-order valence-corrected chi connectivity index (χ0v) is 11.0.